The predicted molar refractivity (Wildman–Crippen MR) is 175 cm³/mol. The molecule has 8 aromatic rings. The van der Waals surface area contributed by atoms with Crippen molar-refractivity contribution in [2.45, 2.75) is 0 Å². The molecule has 0 amide bonds. The second kappa shape index (κ2) is 9.66. The van der Waals surface area contributed by atoms with E-state index < -0.39 is 0 Å². The summed E-state index contributed by atoms with van der Waals surface area (Å²) >= 11 is 0. The summed E-state index contributed by atoms with van der Waals surface area (Å²) in [5.41, 5.74) is 7.90. The van der Waals surface area contributed by atoms with Gasteiger partial charge in [-0.3, -0.25) is 0 Å². The number of fused-ring (bicyclic) bond motifs is 7. The fourth-order valence-corrected chi connectivity index (χ4v) is 6.10. The topological polar surface area (TPSA) is 20.7 Å². The van der Waals surface area contributed by atoms with Gasteiger partial charge < -0.3 is 9.32 Å². The molecule has 0 aliphatic rings. The highest BCUT2D eigenvalue weighted by atomic mass is 16.3. The van der Waals surface area contributed by atoms with Crippen LogP contribution in [0.25, 0.3) is 59.5 Å². The number of nitrogens with zero attached hydrogens (tertiary/aromatic N) is 2. The second-order valence-corrected chi connectivity index (χ2v) is 10.5. The Hall–Kier alpha value is -5.85. The number of hydrogen-bond acceptors (Lipinski definition) is 2. The first-order valence-corrected chi connectivity index (χ1v) is 14.0. The van der Waals surface area contributed by atoms with Gasteiger partial charge in [-0.15, -0.1) is 0 Å². The van der Waals surface area contributed by atoms with Crippen LogP contribution in [0.4, 0.5) is 22.7 Å². The molecule has 0 spiro atoms. The summed E-state index contributed by atoms with van der Waals surface area (Å²) in [7, 11) is 0. The van der Waals surface area contributed by atoms with Crippen molar-refractivity contribution in [1.29, 1.82) is 0 Å². The van der Waals surface area contributed by atoms with Crippen LogP contribution in [0, 0.1) is 6.57 Å². The van der Waals surface area contributed by atoms with E-state index in [2.05, 4.69) is 107 Å². The average molecular weight is 537 g/mol. The van der Waals surface area contributed by atoms with Crippen molar-refractivity contribution in [3.8, 4) is 11.1 Å². The predicted octanol–water partition coefficient (Wildman–Crippen LogP) is 11.6. The van der Waals surface area contributed by atoms with E-state index in [1.54, 1.807) is 0 Å². The molecule has 42 heavy (non-hydrogen) atoms. The fraction of sp³-hybridized carbons (Fsp3) is 0. The van der Waals surface area contributed by atoms with Gasteiger partial charge in [-0.05, 0) is 87.9 Å². The second-order valence-electron chi connectivity index (χ2n) is 10.5. The lowest BCUT2D eigenvalue weighted by Crippen LogP contribution is -2.09. The molecule has 3 nitrogen and oxygen atoms in total. The number of hydrogen-bond donors (Lipinski definition) is 0. The number of anilines is 3. The number of rotatable bonds is 4. The Morgan fingerprint density at radius 2 is 1.17 bits per heavy atom. The van der Waals surface area contributed by atoms with Gasteiger partial charge in [0.2, 0.25) is 0 Å². The van der Waals surface area contributed by atoms with Crippen LogP contribution in [0.15, 0.2) is 150 Å². The van der Waals surface area contributed by atoms with E-state index in [9.17, 15) is 0 Å². The average Bonchev–Trinajstić information content (AvgIpc) is 3.44. The van der Waals surface area contributed by atoms with Gasteiger partial charge in [-0.25, -0.2) is 4.85 Å². The first-order valence-electron chi connectivity index (χ1n) is 14.0. The Kier molecular flexibility index (Phi) is 5.52. The highest BCUT2D eigenvalue weighted by molar-refractivity contribution is 6.26. The minimum atomic E-state index is 0.621. The summed E-state index contributed by atoms with van der Waals surface area (Å²) in [6.07, 6.45) is 0. The Morgan fingerprint density at radius 1 is 0.524 bits per heavy atom. The van der Waals surface area contributed by atoms with Crippen LogP contribution < -0.4 is 4.90 Å². The van der Waals surface area contributed by atoms with Crippen molar-refractivity contribution in [3.63, 3.8) is 0 Å². The molecule has 0 aliphatic carbocycles. The monoisotopic (exact) mass is 536 g/mol. The van der Waals surface area contributed by atoms with Gasteiger partial charge in [-0.2, -0.15) is 0 Å². The van der Waals surface area contributed by atoms with E-state index >= 15 is 0 Å². The van der Waals surface area contributed by atoms with Crippen LogP contribution in [0.1, 0.15) is 0 Å². The molecule has 0 aliphatic heterocycles. The van der Waals surface area contributed by atoms with Crippen LogP contribution in [0.2, 0.25) is 0 Å². The molecule has 0 bridgehead atoms. The summed E-state index contributed by atoms with van der Waals surface area (Å²) in [4.78, 5) is 5.99. The molecule has 0 atom stereocenters. The third kappa shape index (κ3) is 3.82. The quantitative estimate of drug-likeness (QED) is 0.165. The van der Waals surface area contributed by atoms with E-state index in [0.29, 0.717) is 5.69 Å². The van der Waals surface area contributed by atoms with E-state index in [1.165, 1.54) is 0 Å². The molecule has 0 saturated carbocycles. The third-order valence-electron chi connectivity index (χ3n) is 8.04. The summed E-state index contributed by atoms with van der Waals surface area (Å²) in [5.74, 6) is 0. The van der Waals surface area contributed by atoms with Crippen molar-refractivity contribution in [1.82, 2.24) is 0 Å². The van der Waals surface area contributed by atoms with E-state index in [1.807, 2.05) is 48.5 Å². The molecule has 1 aromatic heterocycles. The van der Waals surface area contributed by atoms with Gasteiger partial charge >= 0.3 is 0 Å². The van der Waals surface area contributed by atoms with Crippen molar-refractivity contribution in [2.75, 3.05) is 4.90 Å². The van der Waals surface area contributed by atoms with Crippen LogP contribution >= 0.6 is 0 Å². The molecule has 7 aromatic carbocycles. The molecular formula is C39H24N2O. The van der Waals surface area contributed by atoms with E-state index in [0.717, 1.165) is 71.7 Å². The maximum Gasteiger partial charge on any atom is 0.187 e. The van der Waals surface area contributed by atoms with E-state index in [4.69, 9.17) is 11.0 Å². The molecule has 196 valence electrons. The van der Waals surface area contributed by atoms with Gasteiger partial charge in [0.25, 0.3) is 0 Å². The van der Waals surface area contributed by atoms with Gasteiger partial charge in [0, 0.05) is 33.2 Å². The number of benzene rings is 7. The maximum atomic E-state index is 7.63. The van der Waals surface area contributed by atoms with Crippen LogP contribution in [0.3, 0.4) is 0 Å². The molecule has 0 N–H and O–H groups in total. The van der Waals surface area contributed by atoms with Gasteiger partial charge in [0.15, 0.2) is 5.69 Å². The smallest absolute Gasteiger partial charge is 0.187 e. The normalized spacial score (nSPS) is 11.3. The SMILES string of the molecule is [C-]#[N+]c1ccc2cc(-c3ccc(N(c4ccccc4)c4ccccc4)cc3)c3ccc4c5ccccc5oc4c3c2c1. The summed E-state index contributed by atoms with van der Waals surface area (Å²) in [6, 6.07) is 50.4. The molecule has 0 saturated heterocycles. The van der Waals surface area contributed by atoms with Crippen LogP contribution in [0.5, 0.6) is 0 Å². The molecule has 0 fully saturated rings. The van der Waals surface area contributed by atoms with Crippen molar-refractivity contribution in [2.24, 2.45) is 0 Å². The van der Waals surface area contributed by atoms with Crippen molar-refractivity contribution in [3.05, 3.63) is 157 Å². The summed E-state index contributed by atoms with van der Waals surface area (Å²) in [6.45, 7) is 7.63. The largest absolute Gasteiger partial charge is 0.455 e. The summed E-state index contributed by atoms with van der Waals surface area (Å²) < 4.78 is 6.50. The fourth-order valence-electron chi connectivity index (χ4n) is 6.10. The Morgan fingerprint density at radius 3 is 1.88 bits per heavy atom. The number of para-hydroxylation sites is 3. The lowest BCUT2D eigenvalue weighted by atomic mass is 9.91. The third-order valence-corrected chi connectivity index (χ3v) is 8.04. The maximum absolute atomic E-state index is 7.63. The summed E-state index contributed by atoms with van der Waals surface area (Å²) in [5, 5.41) is 6.44. The van der Waals surface area contributed by atoms with Crippen molar-refractivity contribution >= 4 is 66.2 Å². The lowest BCUT2D eigenvalue weighted by Gasteiger charge is -2.25. The Balaban J connectivity index is 1.35. The Labute approximate surface area is 243 Å². The molecule has 0 unspecified atom stereocenters. The minimum Gasteiger partial charge on any atom is -0.455 e. The van der Waals surface area contributed by atoms with Crippen LogP contribution in [-0.2, 0) is 0 Å². The minimum absolute atomic E-state index is 0.621. The van der Waals surface area contributed by atoms with E-state index in [-0.39, 0.29) is 0 Å². The molecule has 0 radical (unpaired) electrons. The molecule has 1 heterocycles. The number of furan rings is 1. The molecular weight excluding hydrogens is 512 g/mol. The zero-order valence-electron chi connectivity index (χ0n) is 22.7. The zero-order valence-corrected chi connectivity index (χ0v) is 22.7. The lowest BCUT2D eigenvalue weighted by molar-refractivity contribution is 0.673. The molecule has 8 rings (SSSR count). The Bertz CT molecular complexity index is 2260. The highest BCUT2D eigenvalue weighted by Gasteiger charge is 2.17. The van der Waals surface area contributed by atoms with Crippen molar-refractivity contribution < 1.29 is 4.42 Å². The van der Waals surface area contributed by atoms with Gasteiger partial charge in [0.1, 0.15) is 11.2 Å². The highest BCUT2D eigenvalue weighted by Crippen LogP contribution is 2.43. The van der Waals surface area contributed by atoms with Gasteiger partial charge in [-0.1, -0.05) is 84.9 Å². The standard InChI is InChI=1S/C39H24N2O/c1-40-28-19-16-27-24-35(33-22-23-34-32-14-8-9-15-37(32)42-39(34)38(33)36(27)25-28)26-17-20-31(21-18-26)41(29-10-4-2-5-11-29)30-12-6-3-7-13-30/h2-25H. The molecule has 3 heteroatoms. The van der Waals surface area contributed by atoms with Gasteiger partial charge in [0.05, 0.1) is 6.57 Å². The first kappa shape index (κ1) is 24.0. The van der Waals surface area contributed by atoms with Crippen LogP contribution in [-0.4, -0.2) is 0 Å². The zero-order chi connectivity index (χ0) is 28.0. The first-order chi connectivity index (χ1) is 20.8.